The highest BCUT2D eigenvalue weighted by Crippen LogP contribution is 2.17. The summed E-state index contributed by atoms with van der Waals surface area (Å²) in [4.78, 5) is 11.8. The van der Waals surface area contributed by atoms with E-state index in [1.165, 1.54) is 5.56 Å². The number of hydrogen-bond donors (Lipinski definition) is 2. The molecule has 1 saturated heterocycles. The van der Waals surface area contributed by atoms with Crippen molar-refractivity contribution < 1.29 is 14.3 Å². The van der Waals surface area contributed by atoms with Gasteiger partial charge < -0.3 is 14.8 Å². The lowest BCUT2D eigenvalue weighted by Gasteiger charge is -2.10. The summed E-state index contributed by atoms with van der Waals surface area (Å²) in [7, 11) is 0. The van der Waals surface area contributed by atoms with E-state index in [0.29, 0.717) is 13.2 Å². The molecule has 22 heavy (non-hydrogen) atoms. The molecule has 1 aromatic heterocycles. The molecule has 0 aliphatic carbocycles. The first kappa shape index (κ1) is 15.0. The van der Waals surface area contributed by atoms with E-state index in [-0.39, 0.29) is 18.6 Å². The second kappa shape index (κ2) is 6.89. The largest absolute Gasteiger partial charge is 0.376 e. The van der Waals surface area contributed by atoms with E-state index in [0.717, 1.165) is 36.0 Å². The minimum absolute atomic E-state index is 0.0605. The van der Waals surface area contributed by atoms with Crippen molar-refractivity contribution >= 4 is 16.8 Å². The Balaban J connectivity index is 1.46. The van der Waals surface area contributed by atoms with Crippen molar-refractivity contribution in [3.63, 3.8) is 0 Å². The van der Waals surface area contributed by atoms with Gasteiger partial charge in [-0.15, -0.1) is 0 Å². The van der Waals surface area contributed by atoms with E-state index < -0.39 is 0 Å². The number of amides is 1. The van der Waals surface area contributed by atoms with Crippen LogP contribution < -0.4 is 5.32 Å². The molecule has 1 fully saturated rings. The molecule has 6 nitrogen and oxygen atoms in total. The number of nitrogens with one attached hydrogen (secondary N) is 2. The number of benzene rings is 1. The van der Waals surface area contributed by atoms with Crippen LogP contribution in [-0.4, -0.2) is 42.0 Å². The molecule has 1 aliphatic rings. The number of fused-ring (bicyclic) bond motifs is 1. The molecule has 0 radical (unpaired) electrons. The van der Waals surface area contributed by atoms with Gasteiger partial charge in [0.1, 0.15) is 6.61 Å². The molecule has 0 unspecified atom stereocenters. The Morgan fingerprint density at radius 2 is 2.45 bits per heavy atom. The van der Waals surface area contributed by atoms with Gasteiger partial charge >= 0.3 is 0 Å². The van der Waals surface area contributed by atoms with Gasteiger partial charge in [0.25, 0.3) is 0 Å². The van der Waals surface area contributed by atoms with Crippen molar-refractivity contribution in [1.29, 1.82) is 0 Å². The lowest BCUT2D eigenvalue weighted by atomic mass is 10.1. The zero-order chi connectivity index (χ0) is 15.4. The summed E-state index contributed by atoms with van der Waals surface area (Å²) in [5.41, 5.74) is 2.98. The quantitative estimate of drug-likeness (QED) is 0.851. The SMILES string of the molecule is Cc1ccc2n[nH]c(CNC(=O)COC[C@@H]3CCCO3)c2c1. The van der Waals surface area contributed by atoms with Crippen LogP contribution >= 0.6 is 0 Å². The summed E-state index contributed by atoms with van der Waals surface area (Å²) in [5.74, 6) is -0.131. The number of rotatable bonds is 6. The van der Waals surface area contributed by atoms with Crippen molar-refractivity contribution in [3.05, 3.63) is 29.5 Å². The number of aromatic amines is 1. The number of H-pyrrole nitrogens is 1. The average Bonchev–Trinajstić information content (AvgIpc) is 3.14. The maximum absolute atomic E-state index is 11.8. The van der Waals surface area contributed by atoms with Crippen molar-refractivity contribution in [3.8, 4) is 0 Å². The minimum atomic E-state index is -0.131. The van der Waals surface area contributed by atoms with Crippen LogP contribution in [0.2, 0.25) is 0 Å². The first-order valence-electron chi connectivity index (χ1n) is 7.62. The van der Waals surface area contributed by atoms with Gasteiger partial charge in [0.05, 0.1) is 30.5 Å². The van der Waals surface area contributed by atoms with Crippen LogP contribution in [0.3, 0.4) is 0 Å². The standard InChI is InChI=1S/C16H21N3O3/c1-11-4-5-14-13(7-11)15(19-18-14)8-17-16(20)10-21-9-12-3-2-6-22-12/h4-5,7,12H,2-3,6,8-10H2,1H3,(H,17,20)(H,18,19)/t12-/m0/s1. The summed E-state index contributed by atoms with van der Waals surface area (Å²) in [6, 6.07) is 6.05. The first-order chi connectivity index (χ1) is 10.7. The number of nitrogens with zero attached hydrogens (tertiary/aromatic N) is 1. The normalized spacial score (nSPS) is 18.0. The van der Waals surface area contributed by atoms with Crippen LogP contribution in [-0.2, 0) is 20.8 Å². The van der Waals surface area contributed by atoms with Gasteiger partial charge in [-0.1, -0.05) is 11.6 Å². The highest BCUT2D eigenvalue weighted by atomic mass is 16.5. The van der Waals surface area contributed by atoms with Crippen LogP contribution in [0.5, 0.6) is 0 Å². The molecule has 3 rings (SSSR count). The Hall–Kier alpha value is -1.92. The van der Waals surface area contributed by atoms with Gasteiger partial charge in [-0.2, -0.15) is 5.10 Å². The molecule has 0 bridgehead atoms. The maximum Gasteiger partial charge on any atom is 0.246 e. The van der Waals surface area contributed by atoms with Crippen LogP contribution in [0.4, 0.5) is 0 Å². The maximum atomic E-state index is 11.8. The molecule has 0 spiro atoms. The smallest absolute Gasteiger partial charge is 0.246 e. The number of carbonyl (C=O) groups excluding carboxylic acids is 1. The van der Waals surface area contributed by atoms with Crippen molar-refractivity contribution in [2.45, 2.75) is 32.4 Å². The fraction of sp³-hybridized carbons (Fsp3) is 0.500. The molecule has 1 aliphatic heterocycles. The third-order valence-corrected chi connectivity index (χ3v) is 3.81. The molecular weight excluding hydrogens is 282 g/mol. The lowest BCUT2D eigenvalue weighted by molar-refractivity contribution is -0.127. The van der Waals surface area contributed by atoms with E-state index in [4.69, 9.17) is 9.47 Å². The number of carbonyl (C=O) groups is 1. The molecule has 1 amide bonds. The minimum Gasteiger partial charge on any atom is -0.376 e. The third kappa shape index (κ3) is 3.64. The Labute approximate surface area is 129 Å². The second-order valence-electron chi connectivity index (χ2n) is 5.65. The Bertz CT molecular complexity index is 647. The Kier molecular flexibility index (Phi) is 4.70. The van der Waals surface area contributed by atoms with Gasteiger partial charge in [-0.05, 0) is 31.9 Å². The number of hydrogen-bond acceptors (Lipinski definition) is 4. The molecule has 2 heterocycles. The van der Waals surface area contributed by atoms with Crippen LogP contribution in [0.1, 0.15) is 24.1 Å². The number of ether oxygens (including phenoxy) is 2. The number of aromatic nitrogens is 2. The van der Waals surface area contributed by atoms with E-state index in [9.17, 15) is 4.79 Å². The fourth-order valence-electron chi connectivity index (χ4n) is 2.61. The van der Waals surface area contributed by atoms with Crippen molar-refractivity contribution in [1.82, 2.24) is 15.5 Å². The summed E-state index contributed by atoms with van der Waals surface area (Å²) >= 11 is 0. The second-order valence-corrected chi connectivity index (χ2v) is 5.65. The summed E-state index contributed by atoms with van der Waals surface area (Å²) in [6.45, 7) is 3.80. The average molecular weight is 303 g/mol. The highest BCUT2D eigenvalue weighted by molar-refractivity contribution is 5.83. The predicted molar refractivity (Wildman–Crippen MR) is 82.5 cm³/mol. The van der Waals surface area contributed by atoms with E-state index in [2.05, 4.69) is 21.6 Å². The number of aryl methyl sites for hydroxylation is 1. The fourth-order valence-corrected chi connectivity index (χ4v) is 2.61. The molecule has 2 N–H and O–H groups in total. The lowest BCUT2D eigenvalue weighted by Crippen LogP contribution is -2.29. The highest BCUT2D eigenvalue weighted by Gasteiger charge is 2.16. The summed E-state index contributed by atoms with van der Waals surface area (Å²) in [5, 5.41) is 11.1. The first-order valence-corrected chi connectivity index (χ1v) is 7.62. The zero-order valence-electron chi connectivity index (χ0n) is 12.7. The van der Waals surface area contributed by atoms with Crippen LogP contribution in [0.15, 0.2) is 18.2 Å². The topological polar surface area (TPSA) is 76.2 Å². The summed E-state index contributed by atoms with van der Waals surface area (Å²) < 4.78 is 10.8. The molecule has 1 atom stereocenters. The molecule has 6 heteroatoms. The van der Waals surface area contributed by atoms with E-state index >= 15 is 0 Å². The van der Waals surface area contributed by atoms with E-state index in [1.54, 1.807) is 0 Å². The molecule has 1 aromatic carbocycles. The van der Waals surface area contributed by atoms with Crippen LogP contribution in [0.25, 0.3) is 10.9 Å². The van der Waals surface area contributed by atoms with Gasteiger partial charge in [0, 0.05) is 12.0 Å². The Morgan fingerprint density at radius 1 is 1.55 bits per heavy atom. The van der Waals surface area contributed by atoms with Gasteiger partial charge in [-0.3, -0.25) is 9.89 Å². The van der Waals surface area contributed by atoms with E-state index in [1.807, 2.05) is 19.1 Å². The zero-order valence-corrected chi connectivity index (χ0v) is 12.7. The van der Waals surface area contributed by atoms with Gasteiger partial charge in [0.2, 0.25) is 5.91 Å². The third-order valence-electron chi connectivity index (χ3n) is 3.81. The van der Waals surface area contributed by atoms with Crippen molar-refractivity contribution in [2.75, 3.05) is 19.8 Å². The van der Waals surface area contributed by atoms with Crippen LogP contribution in [0, 0.1) is 6.92 Å². The summed E-state index contributed by atoms with van der Waals surface area (Å²) in [6.07, 6.45) is 2.24. The predicted octanol–water partition coefficient (Wildman–Crippen LogP) is 1.68. The van der Waals surface area contributed by atoms with Gasteiger partial charge in [-0.25, -0.2) is 0 Å². The molecule has 0 saturated carbocycles. The molecule has 2 aromatic rings. The molecule has 118 valence electrons. The van der Waals surface area contributed by atoms with Gasteiger partial charge in [0.15, 0.2) is 0 Å². The Morgan fingerprint density at radius 3 is 3.27 bits per heavy atom. The molecular formula is C16H21N3O3. The van der Waals surface area contributed by atoms with Crippen molar-refractivity contribution in [2.24, 2.45) is 0 Å². The monoisotopic (exact) mass is 303 g/mol.